The van der Waals surface area contributed by atoms with E-state index in [1.165, 1.54) is 6.07 Å². The number of nitrogens with zero attached hydrogens (tertiary/aromatic N) is 1. The summed E-state index contributed by atoms with van der Waals surface area (Å²) in [5.41, 5.74) is 10.3. The average Bonchev–Trinajstić information content (AvgIpc) is 2.37. The first-order chi connectivity index (χ1) is 9.57. The zero-order chi connectivity index (χ0) is 16.3. The maximum Gasteiger partial charge on any atom is 0.296 e. The van der Waals surface area contributed by atoms with Crippen molar-refractivity contribution >= 4 is 21.5 Å². The van der Waals surface area contributed by atoms with Gasteiger partial charge in [-0.05, 0) is 18.0 Å². The van der Waals surface area contributed by atoms with Crippen LogP contribution in [-0.2, 0) is 10.1 Å². The molecule has 118 valence electrons. The third-order valence-electron chi connectivity index (χ3n) is 2.80. The zero-order valence-corrected chi connectivity index (χ0v) is 12.5. The molecule has 0 aromatic heterocycles. The molecule has 0 amide bonds. The summed E-state index contributed by atoms with van der Waals surface area (Å²) >= 11 is 0. The van der Waals surface area contributed by atoms with E-state index in [2.05, 4.69) is 10.9 Å². The van der Waals surface area contributed by atoms with Crippen LogP contribution in [-0.4, -0.2) is 31.0 Å². The second kappa shape index (κ2) is 6.35. The van der Waals surface area contributed by atoms with Crippen molar-refractivity contribution in [3.8, 4) is 0 Å². The van der Waals surface area contributed by atoms with Crippen molar-refractivity contribution in [1.82, 2.24) is 5.43 Å². The second-order valence-electron chi connectivity index (χ2n) is 5.26. The van der Waals surface area contributed by atoms with Gasteiger partial charge in [0.2, 0.25) is 0 Å². The Morgan fingerprint density at radius 3 is 2.52 bits per heavy atom. The van der Waals surface area contributed by atoms with Gasteiger partial charge in [0.05, 0.1) is 10.6 Å². The van der Waals surface area contributed by atoms with Crippen molar-refractivity contribution < 1.29 is 17.9 Å². The molecule has 5 N–H and O–H groups in total. The lowest BCUT2D eigenvalue weighted by Gasteiger charge is -2.23. The molecule has 0 spiro atoms. The first-order valence-corrected chi connectivity index (χ1v) is 7.46. The second-order valence-corrected chi connectivity index (χ2v) is 6.65. The molecule has 0 saturated heterocycles. The Hall–Kier alpha value is -1.75. The number of anilines is 1. The van der Waals surface area contributed by atoms with Crippen molar-refractivity contribution in [3.05, 3.63) is 28.3 Å². The molecule has 0 saturated carbocycles. The molecule has 0 aliphatic heterocycles. The van der Waals surface area contributed by atoms with Crippen LogP contribution in [0.4, 0.5) is 11.4 Å². The Kier molecular flexibility index (Phi) is 5.23. The van der Waals surface area contributed by atoms with E-state index in [4.69, 9.17) is 10.3 Å². The number of nitro groups is 1. The van der Waals surface area contributed by atoms with Gasteiger partial charge in [-0.1, -0.05) is 13.8 Å². The van der Waals surface area contributed by atoms with Crippen molar-refractivity contribution in [2.75, 3.05) is 18.5 Å². The molecule has 0 aliphatic carbocycles. The van der Waals surface area contributed by atoms with Crippen LogP contribution in [0.25, 0.3) is 0 Å². The number of hydrogen-bond acceptors (Lipinski definition) is 7. The molecule has 10 heteroatoms. The van der Waals surface area contributed by atoms with Crippen LogP contribution < -0.4 is 16.6 Å². The molecule has 0 fully saturated rings. The Balaban J connectivity index is 3.00. The number of benzene rings is 1. The Morgan fingerprint density at radius 2 is 2.05 bits per heavy atom. The molecule has 0 heterocycles. The number of nitro benzene ring substituents is 1. The molecular weight excluding hydrogens is 300 g/mol. The molecule has 21 heavy (non-hydrogen) atoms. The third-order valence-corrected chi connectivity index (χ3v) is 3.69. The lowest BCUT2D eigenvalue weighted by Crippen LogP contribution is -2.38. The van der Waals surface area contributed by atoms with E-state index < -0.39 is 25.6 Å². The third kappa shape index (κ3) is 4.93. The van der Waals surface area contributed by atoms with Crippen molar-refractivity contribution in [2.45, 2.75) is 18.7 Å². The van der Waals surface area contributed by atoms with Crippen molar-refractivity contribution in [1.29, 1.82) is 0 Å². The van der Waals surface area contributed by atoms with Crippen LogP contribution in [0.3, 0.4) is 0 Å². The van der Waals surface area contributed by atoms with Crippen molar-refractivity contribution in [2.24, 2.45) is 11.1 Å². The van der Waals surface area contributed by atoms with Gasteiger partial charge in [0, 0.05) is 18.7 Å². The summed E-state index contributed by atoms with van der Waals surface area (Å²) in [6.07, 6.45) is 0. The highest BCUT2D eigenvalue weighted by Gasteiger charge is 2.21. The minimum absolute atomic E-state index is 0.0101. The van der Waals surface area contributed by atoms with E-state index >= 15 is 0 Å². The Labute approximate surface area is 122 Å². The largest absolute Gasteiger partial charge is 0.330 e. The van der Waals surface area contributed by atoms with E-state index in [1.54, 1.807) is 0 Å². The quantitative estimate of drug-likeness (QED) is 0.327. The molecule has 0 bridgehead atoms. The predicted octanol–water partition coefficient (Wildman–Crippen LogP) is 0.743. The summed E-state index contributed by atoms with van der Waals surface area (Å²) in [5.74, 6) is 0. The molecule has 0 radical (unpaired) electrons. The fourth-order valence-corrected chi connectivity index (χ4v) is 2.06. The van der Waals surface area contributed by atoms with Gasteiger partial charge in [0.15, 0.2) is 0 Å². The summed E-state index contributed by atoms with van der Waals surface area (Å²) in [4.78, 5) is 9.33. The lowest BCUT2D eigenvalue weighted by atomic mass is 9.94. The van der Waals surface area contributed by atoms with Crippen LogP contribution in [0.1, 0.15) is 13.8 Å². The smallest absolute Gasteiger partial charge is 0.296 e. The summed E-state index contributed by atoms with van der Waals surface area (Å²) in [7, 11) is -4.59. The first-order valence-electron chi connectivity index (χ1n) is 6.02. The van der Waals surface area contributed by atoms with Crippen LogP contribution in [0.2, 0.25) is 0 Å². The summed E-state index contributed by atoms with van der Waals surface area (Å²) < 4.78 is 31.7. The van der Waals surface area contributed by atoms with Crippen LogP contribution in [0, 0.1) is 15.5 Å². The van der Waals surface area contributed by atoms with Gasteiger partial charge in [0.1, 0.15) is 4.90 Å². The summed E-state index contributed by atoms with van der Waals surface area (Å²) in [5, 5.41) is 10.7. The van der Waals surface area contributed by atoms with Gasteiger partial charge in [-0.2, -0.15) is 8.42 Å². The molecule has 0 atom stereocenters. The molecule has 9 nitrogen and oxygen atoms in total. The van der Waals surface area contributed by atoms with Crippen LogP contribution in [0.15, 0.2) is 23.1 Å². The molecule has 1 rings (SSSR count). The average molecular weight is 318 g/mol. The first kappa shape index (κ1) is 17.3. The van der Waals surface area contributed by atoms with Gasteiger partial charge in [-0.3, -0.25) is 14.7 Å². The lowest BCUT2D eigenvalue weighted by molar-refractivity contribution is -0.385. The Morgan fingerprint density at radius 1 is 1.43 bits per heavy atom. The van der Waals surface area contributed by atoms with E-state index in [-0.39, 0.29) is 11.1 Å². The SMILES string of the molecule is CC(C)(CN)CNNc1ccc([N+](=O)[O-])cc1S(=O)(=O)O. The monoisotopic (exact) mass is 318 g/mol. The van der Waals surface area contributed by atoms with Gasteiger partial charge >= 0.3 is 0 Å². The molecule has 1 aromatic carbocycles. The predicted molar refractivity (Wildman–Crippen MR) is 77.4 cm³/mol. The number of hydrazine groups is 1. The fraction of sp³-hybridized carbons (Fsp3) is 0.455. The zero-order valence-electron chi connectivity index (χ0n) is 11.7. The summed E-state index contributed by atoms with van der Waals surface area (Å²) in [6, 6.07) is 3.11. The van der Waals surface area contributed by atoms with E-state index in [1.807, 2.05) is 13.8 Å². The Bertz CT molecular complexity index is 630. The van der Waals surface area contributed by atoms with E-state index in [0.29, 0.717) is 13.1 Å². The fourth-order valence-electron chi connectivity index (χ4n) is 1.39. The number of hydrogen-bond donors (Lipinski definition) is 4. The van der Waals surface area contributed by atoms with Gasteiger partial charge in [-0.15, -0.1) is 0 Å². The highest BCUT2D eigenvalue weighted by molar-refractivity contribution is 7.86. The van der Waals surface area contributed by atoms with Crippen molar-refractivity contribution in [3.63, 3.8) is 0 Å². The molecular formula is C11H18N4O5S. The van der Waals surface area contributed by atoms with E-state index in [9.17, 15) is 18.5 Å². The normalized spacial score (nSPS) is 12.2. The molecule has 1 aromatic rings. The van der Waals surface area contributed by atoms with Gasteiger partial charge in [0.25, 0.3) is 15.8 Å². The molecule has 0 aliphatic rings. The van der Waals surface area contributed by atoms with Crippen LogP contribution in [0.5, 0.6) is 0 Å². The number of nitrogens with two attached hydrogens (primary N) is 1. The minimum atomic E-state index is -4.59. The molecule has 0 unspecified atom stereocenters. The topological polar surface area (TPSA) is 148 Å². The highest BCUT2D eigenvalue weighted by atomic mass is 32.2. The van der Waals surface area contributed by atoms with Crippen LogP contribution >= 0.6 is 0 Å². The van der Waals surface area contributed by atoms with Gasteiger partial charge in [-0.25, -0.2) is 5.43 Å². The summed E-state index contributed by atoms with van der Waals surface area (Å²) in [6.45, 7) is 4.64. The number of rotatable bonds is 7. The van der Waals surface area contributed by atoms with E-state index in [0.717, 1.165) is 12.1 Å². The maximum absolute atomic E-state index is 11.3. The number of non-ortho nitro benzene ring substituents is 1. The standard InChI is InChI=1S/C11H18N4O5S/c1-11(2,6-12)7-13-14-9-4-3-8(15(16)17)5-10(9)21(18,19)20/h3-5,13-14H,6-7,12H2,1-2H3,(H,18,19,20). The highest BCUT2D eigenvalue weighted by Crippen LogP contribution is 2.25. The maximum atomic E-state index is 11.3. The number of nitrogens with one attached hydrogen (secondary N) is 2. The minimum Gasteiger partial charge on any atom is -0.330 e. The van der Waals surface area contributed by atoms with Gasteiger partial charge < -0.3 is 11.2 Å².